The minimum Gasteiger partial charge on any atom is -0.348 e. The molecule has 0 bridgehead atoms. The summed E-state index contributed by atoms with van der Waals surface area (Å²) in [6, 6.07) is 10.3. The summed E-state index contributed by atoms with van der Waals surface area (Å²) in [5, 5.41) is 6.49. The molecule has 1 heterocycles. The Morgan fingerprint density at radius 2 is 1.77 bits per heavy atom. The predicted octanol–water partition coefficient (Wildman–Crippen LogP) is 2.25. The van der Waals surface area contributed by atoms with E-state index in [0.717, 1.165) is 10.6 Å². The van der Waals surface area contributed by atoms with Gasteiger partial charge in [0.05, 0.1) is 6.54 Å². The fraction of sp³-hybridized carbons (Fsp3) is 0.238. The van der Waals surface area contributed by atoms with Crippen LogP contribution in [-0.4, -0.2) is 26.3 Å². The third-order valence-corrected chi connectivity index (χ3v) is 4.60. The lowest BCUT2D eigenvalue weighted by Gasteiger charge is -2.14. The highest BCUT2D eigenvalue weighted by Gasteiger charge is 2.22. The predicted molar refractivity (Wildman–Crippen MR) is 107 cm³/mol. The van der Waals surface area contributed by atoms with Crippen LogP contribution < -0.4 is 16.6 Å². The Bertz CT molecular complexity index is 1190. The molecule has 0 aliphatic carbocycles. The number of carbonyl (C=O) groups is 1. The van der Waals surface area contributed by atoms with Crippen molar-refractivity contribution in [1.82, 2.24) is 19.7 Å². The number of para-hydroxylation sites is 1. The van der Waals surface area contributed by atoms with Gasteiger partial charge < -0.3 is 5.32 Å². The molecule has 0 aliphatic heterocycles. The number of benzene rings is 2. The van der Waals surface area contributed by atoms with Gasteiger partial charge >= 0.3 is 5.69 Å². The lowest BCUT2D eigenvalue weighted by atomic mass is 10.2. The molecule has 0 aliphatic rings. The Morgan fingerprint density at radius 1 is 1.10 bits per heavy atom. The fourth-order valence-corrected chi connectivity index (χ4v) is 2.74. The Hall–Kier alpha value is -3.62. The van der Waals surface area contributed by atoms with Gasteiger partial charge in [-0.3, -0.25) is 14.2 Å². The van der Waals surface area contributed by atoms with E-state index in [9.17, 15) is 23.2 Å². The van der Waals surface area contributed by atoms with E-state index in [1.165, 1.54) is 42.5 Å². The molecule has 3 aromatic rings. The van der Waals surface area contributed by atoms with E-state index in [-0.39, 0.29) is 18.3 Å². The van der Waals surface area contributed by atoms with Crippen molar-refractivity contribution in [3.63, 3.8) is 0 Å². The third kappa shape index (κ3) is 4.35. The first-order chi connectivity index (χ1) is 14.3. The van der Waals surface area contributed by atoms with Crippen LogP contribution in [0.25, 0.3) is 5.69 Å². The van der Waals surface area contributed by atoms with Crippen LogP contribution in [0.15, 0.2) is 58.1 Å². The van der Waals surface area contributed by atoms with Gasteiger partial charge in [-0.2, -0.15) is 9.78 Å². The van der Waals surface area contributed by atoms with Gasteiger partial charge in [-0.1, -0.05) is 31.2 Å². The van der Waals surface area contributed by atoms with Crippen molar-refractivity contribution >= 4 is 5.91 Å². The fourth-order valence-electron chi connectivity index (χ4n) is 2.74. The number of rotatable bonds is 6. The Morgan fingerprint density at radius 3 is 2.40 bits per heavy atom. The molecule has 0 spiro atoms. The Balaban J connectivity index is 2.20. The van der Waals surface area contributed by atoms with Gasteiger partial charge in [0.15, 0.2) is 0 Å². The zero-order chi connectivity index (χ0) is 21.8. The van der Waals surface area contributed by atoms with Gasteiger partial charge in [-0.25, -0.2) is 13.6 Å². The van der Waals surface area contributed by atoms with Crippen molar-refractivity contribution in [2.24, 2.45) is 0 Å². The standard InChI is InChI=1S/C21H20F2N4O3/c1-3-13(2)24-19(28)18-20(29)26(12-14-8-10-15(22)11-9-14)21(30)27(25-18)17-7-5-4-6-16(17)23/h4-11,13H,3,12H2,1-2H3,(H,24,28)/t13-/m0/s1. The summed E-state index contributed by atoms with van der Waals surface area (Å²) in [4.78, 5) is 38.5. The van der Waals surface area contributed by atoms with Crippen LogP contribution >= 0.6 is 0 Å². The first kappa shape index (κ1) is 21.1. The van der Waals surface area contributed by atoms with Gasteiger partial charge in [-0.05, 0) is 43.2 Å². The van der Waals surface area contributed by atoms with Crippen LogP contribution in [-0.2, 0) is 6.54 Å². The minimum absolute atomic E-state index is 0.201. The number of hydrogen-bond acceptors (Lipinski definition) is 4. The summed E-state index contributed by atoms with van der Waals surface area (Å²) in [7, 11) is 0. The second kappa shape index (κ2) is 8.81. The number of hydrogen-bond donors (Lipinski definition) is 1. The molecular formula is C21H20F2N4O3. The molecule has 1 N–H and O–H groups in total. The largest absolute Gasteiger partial charge is 0.352 e. The van der Waals surface area contributed by atoms with Gasteiger partial charge in [0.1, 0.15) is 17.3 Å². The quantitative estimate of drug-likeness (QED) is 0.670. The van der Waals surface area contributed by atoms with Crippen molar-refractivity contribution < 1.29 is 13.6 Å². The van der Waals surface area contributed by atoms with E-state index in [0.29, 0.717) is 16.7 Å². The Labute approximate surface area is 170 Å². The monoisotopic (exact) mass is 414 g/mol. The second-order valence-corrected chi connectivity index (χ2v) is 6.79. The number of carbonyl (C=O) groups excluding carboxylic acids is 1. The maximum atomic E-state index is 14.3. The van der Waals surface area contributed by atoms with Crippen molar-refractivity contribution in [1.29, 1.82) is 0 Å². The molecule has 156 valence electrons. The van der Waals surface area contributed by atoms with Crippen molar-refractivity contribution in [2.45, 2.75) is 32.9 Å². The molecule has 0 radical (unpaired) electrons. The lowest BCUT2D eigenvalue weighted by Crippen LogP contribution is -2.47. The summed E-state index contributed by atoms with van der Waals surface area (Å²) < 4.78 is 29.0. The maximum absolute atomic E-state index is 14.3. The van der Waals surface area contributed by atoms with E-state index in [4.69, 9.17) is 0 Å². The van der Waals surface area contributed by atoms with Crippen LogP contribution in [0.5, 0.6) is 0 Å². The average Bonchev–Trinajstić information content (AvgIpc) is 2.73. The molecule has 0 saturated heterocycles. The maximum Gasteiger partial charge on any atom is 0.352 e. The number of amides is 1. The third-order valence-electron chi connectivity index (χ3n) is 4.60. The number of nitrogens with one attached hydrogen (secondary N) is 1. The molecule has 0 saturated carbocycles. The van der Waals surface area contributed by atoms with Crippen LogP contribution in [0.2, 0.25) is 0 Å². The summed E-state index contributed by atoms with van der Waals surface area (Å²) in [6.45, 7) is 3.37. The number of nitrogens with zero attached hydrogens (tertiary/aromatic N) is 3. The highest BCUT2D eigenvalue weighted by Crippen LogP contribution is 2.09. The minimum atomic E-state index is -0.922. The second-order valence-electron chi connectivity index (χ2n) is 6.79. The van der Waals surface area contributed by atoms with Crippen molar-refractivity contribution in [2.75, 3.05) is 0 Å². The molecule has 1 atom stereocenters. The SMILES string of the molecule is CC[C@H](C)NC(=O)c1nn(-c2ccccc2F)c(=O)n(Cc2ccc(F)cc2)c1=O. The van der Waals surface area contributed by atoms with Crippen LogP contribution in [0.3, 0.4) is 0 Å². The summed E-state index contributed by atoms with van der Waals surface area (Å²) in [5.41, 5.74) is -2.13. The van der Waals surface area contributed by atoms with Crippen LogP contribution in [0.4, 0.5) is 8.78 Å². The van der Waals surface area contributed by atoms with E-state index < -0.39 is 34.5 Å². The molecular weight excluding hydrogens is 394 g/mol. The van der Waals surface area contributed by atoms with Crippen LogP contribution in [0, 0.1) is 11.6 Å². The van der Waals surface area contributed by atoms with Gasteiger partial charge in [0.2, 0.25) is 5.69 Å². The molecule has 0 fully saturated rings. The first-order valence-electron chi connectivity index (χ1n) is 9.36. The molecule has 0 unspecified atom stereocenters. The Kier molecular flexibility index (Phi) is 6.20. The highest BCUT2D eigenvalue weighted by atomic mass is 19.1. The summed E-state index contributed by atoms with van der Waals surface area (Å²) in [6.07, 6.45) is 0.614. The summed E-state index contributed by atoms with van der Waals surface area (Å²) >= 11 is 0. The average molecular weight is 414 g/mol. The van der Waals surface area contributed by atoms with Gasteiger partial charge in [0.25, 0.3) is 11.5 Å². The lowest BCUT2D eigenvalue weighted by molar-refractivity contribution is 0.0929. The normalized spacial score (nSPS) is 11.9. The molecule has 1 aromatic heterocycles. The number of halogens is 2. The molecule has 1 amide bonds. The zero-order valence-corrected chi connectivity index (χ0v) is 16.4. The van der Waals surface area contributed by atoms with Crippen LogP contribution in [0.1, 0.15) is 36.3 Å². The molecule has 3 rings (SSSR count). The highest BCUT2D eigenvalue weighted by molar-refractivity contribution is 5.91. The molecule has 2 aromatic carbocycles. The van der Waals surface area contributed by atoms with Crippen molar-refractivity contribution in [3.8, 4) is 5.69 Å². The van der Waals surface area contributed by atoms with E-state index in [1.54, 1.807) is 6.92 Å². The zero-order valence-electron chi connectivity index (χ0n) is 16.4. The van der Waals surface area contributed by atoms with E-state index >= 15 is 0 Å². The number of aromatic nitrogens is 3. The van der Waals surface area contributed by atoms with E-state index in [2.05, 4.69) is 10.4 Å². The van der Waals surface area contributed by atoms with Crippen molar-refractivity contribution in [3.05, 3.63) is 92.3 Å². The molecule has 7 nitrogen and oxygen atoms in total. The topological polar surface area (TPSA) is 86.0 Å². The van der Waals surface area contributed by atoms with Gasteiger partial charge in [-0.15, -0.1) is 0 Å². The smallest absolute Gasteiger partial charge is 0.348 e. The molecule has 9 heteroatoms. The van der Waals surface area contributed by atoms with Gasteiger partial charge in [0, 0.05) is 6.04 Å². The first-order valence-corrected chi connectivity index (χ1v) is 9.36. The van der Waals surface area contributed by atoms with E-state index in [1.807, 2.05) is 6.92 Å². The summed E-state index contributed by atoms with van der Waals surface area (Å²) in [5.74, 6) is -1.99. The molecule has 30 heavy (non-hydrogen) atoms.